The molecule has 0 heterocycles. The second-order valence-corrected chi connectivity index (χ2v) is 11.7. The maximum absolute atomic E-state index is 13.9. The molecule has 0 aromatic heterocycles. The molecule has 1 N–H and O–H groups in total. The number of benzene rings is 1. The van der Waals surface area contributed by atoms with Crippen molar-refractivity contribution in [1.82, 2.24) is 0 Å². The van der Waals surface area contributed by atoms with Crippen LogP contribution in [0.3, 0.4) is 0 Å². The zero-order valence-corrected chi connectivity index (χ0v) is 21.0. The molecule has 4 aliphatic rings. The van der Waals surface area contributed by atoms with Crippen LogP contribution in [0, 0.1) is 17.8 Å². The Morgan fingerprint density at radius 2 is 1.69 bits per heavy atom. The smallest absolute Gasteiger partial charge is 0.458 e. The number of hydrogen-bond donors (Lipinski definition) is 1. The van der Waals surface area contributed by atoms with E-state index in [1.54, 1.807) is 0 Å². The molecule has 0 aliphatic heterocycles. The number of carbonyl (C=O) groups excluding carboxylic acids is 2. The highest BCUT2D eigenvalue weighted by atomic mass is 32.2. The van der Waals surface area contributed by atoms with Gasteiger partial charge in [0.05, 0.1) is 5.56 Å². The van der Waals surface area contributed by atoms with Crippen LogP contribution in [0.5, 0.6) is 0 Å². The molecule has 0 amide bonds. The van der Waals surface area contributed by atoms with E-state index in [0.717, 1.165) is 42.2 Å². The highest BCUT2D eigenvalue weighted by Crippen LogP contribution is 2.58. The largest absolute Gasteiger partial charge is 0.465 e. The molecule has 4 aliphatic carbocycles. The molecule has 35 heavy (non-hydrogen) atoms. The Bertz CT molecular complexity index is 1130. The lowest BCUT2D eigenvalue weighted by Crippen LogP contribution is -2.60. The second kappa shape index (κ2) is 9.21. The van der Waals surface area contributed by atoms with Gasteiger partial charge in [0.2, 0.25) is 0 Å². The van der Waals surface area contributed by atoms with Crippen LogP contribution in [0.15, 0.2) is 12.1 Å². The van der Waals surface area contributed by atoms with Crippen molar-refractivity contribution in [2.24, 2.45) is 17.8 Å². The molecule has 2 unspecified atom stereocenters. The molecule has 4 saturated carbocycles. The van der Waals surface area contributed by atoms with Crippen LogP contribution in [0.4, 0.5) is 8.78 Å². The van der Waals surface area contributed by atoms with E-state index in [-0.39, 0.29) is 30.6 Å². The fourth-order valence-corrected chi connectivity index (χ4v) is 6.94. The fraction of sp³-hybridized carbons (Fsp3) is 0.636. The maximum atomic E-state index is 13.9. The van der Waals surface area contributed by atoms with E-state index in [1.807, 2.05) is 29.6 Å². The van der Waals surface area contributed by atoms with Crippen LogP contribution in [-0.2, 0) is 43.3 Å². The Labute approximate surface area is 206 Å². The Hall–Kier alpha value is -1.88. The minimum absolute atomic E-state index is 0.107. The van der Waals surface area contributed by atoms with Crippen molar-refractivity contribution in [3.63, 3.8) is 0 Å². The number of rotatable bonds is 8. The molecule has 1 aromatic rings. The number of esters is 2. The summed E-state index contributed by atoms with van der Waals surface area (Å²) in [5.74, 6) is -2.90. The molecule has 2 atom stereocenters. The number of ether oxygens (including phenoxy) is 2. The molecule has 5 rings (SSSR count). The lowest BCUT2D eigenvalue weighted by atomic mass is 9.53. The molecule has 188 valence electrons. The molecule has 7 nitrogen and oxygen atoms in total. The highest BCUT2D eigenvalue weighted by molar-refractivity contribution is 7.87. The summed E-state index contributed by atoms with van der Waals surface area (Å²) >= 11 is 0. The first-order chi connectivity index (χ1) is 16.3. The summed E-state index contributed by atoms with van der Waals surface area (Å²) in [5, 5.41) is -5.03. The SMILES string of the molecule is BCc1cc(CB)c(CB)c(C(=O)OC2C3CC4CC2CC(OC(=O)C(F)(F)S(=O)(=O)O)(C4)C3)c1. The molecule has 0 saturated heterocycles. The lowest BCUT2D eigenvalue weighted by Gasteiger charge is -2.58. The van der Waals surface area contributed by atoms with E-state index in [4.69, 9.17) is 14.0 Å². The van der Waals surface area contributed by atoms with Gasteiger partial charge in [0.25, 0.3) is 0 Å². The van der Waals surface area contributed by atoms with Gasteiger partial charge >= 0.3 is 27.3 Å². The summed E-state index contributed by atoms with van der Waals surface area (Å²) in [5.41, 5.74) is 2.47. The fourth-order valence-electron chi connectivity index (χ4n) is 6.69. The first-order valence-electron chi connectivity index (χ1n) is 12.3. The monoisotopic (exact) mass is 508 g/mol. The molecule has 4 bridgehead atoms. The van der Waals surface area contributed by atoms with Crippen LogP contribution in [0.2, 0.25) is 0 Å². The van der Waals surface area contributed by atoms with Gasteiger partial charge in [0.1, 0.15) is 35.2 Å². The predicted molar refractivity (Wildman–Crippen MR) is 131 cm³/mol. The Kier molecular flexibility index (Phi) is 6.89. The second-order valence-electron chi connectivity index (χ2n) is 10.2. The van der Waals surface area contributed by atoms with E-state index in [2.05, 4.69) is 6.07 Å². The van der Waals surface area contributed by atoms with Gasteiger partial charge in [0, 0.05) is 11.8 Å². The van der Waals surface area contributed by atoms with Crippen molar-refractivity contribution in [3.8, 4) is 0 Å². The first-order valence-corrected chi connectivity index (χ1v) is 13.7. The number of hydrogen-bond acceptors (Lipinski definition) is 6. The zero-order chi connectivity index (χ0) is 25.8. The zero-order valence-electron chi connectivity index (χ0n) is 20.2. The molecule has 0 radical (unpaired) electrons. The molecular weight excluding hydrogens is 479 g/mol. The third-order valence-corrected chi connectivity index (χ3v) is 8.82. The van der Waals surface area contributed by atoms with Crippen molar-refractivity contribution >= 4 is 45.6 Å². The van der Waals surface area contributed by atoms with Gasteiger partial charge in [-0.05, 0) is 49.7 Å². The van der Waals surface area contributed by atoms with Gasteiger partial charge in [-0.2, -0.15) is 17.2 Å². The number of alkyl halides is 2. The molecule has 1 aromatic carbocycles. The molecule has 13 heteroatoms. The van der Waals surface area contributed by atoms with E-state index in [9.17, 15) is 26.8 Å². The third-order valence-electron chi connectivity index (χ3n) is 8.01. The van der Waals surface area contributed by atoms with Crippen molar-refractivity contribution in [3.05, 3.63) is 34.4 Å². The van der Waals surface area contributed by atoms with Gasteiger partial charge in [-0.1, -0.05) is 36.2 Å². The average molecular weight is 508 g/mol. The normalized spacial score (nSPS) is 29.7. The molecule has 4 fully saturated rings. The highest BCUT2D eigenvalue weighted by Gasteiger charge is 2.62. The quantitative estimate of drug-likeness (QED) is 0.304. The first kappa shape index (κ1) is 26.2. The summed E-state index contributed by atoms with van der Waals surface area (Å²) in [7, 11) is 0.138. The minimum Gasteiger partial charge on any atom is -0.458 e. The average Bonchev–Trinajstić information content (AvgIpc) is 2.78. The van der Waals surface area contributed by atoms with Crippen molar-refractivity contribution in [1.29, 1.82) is 0 Å². The predicted octanol–water partition coefficient (Wildman–Crippen LogP) is 0.214. The van der Waals surface area contributed by atoms with Crippen LogP contribution < -0.4 is 0 Å². The Morgan fingerprint density at radius 3 is 2.20 bits per heavy atom. The van der Waals surface area contributed by atoms with E-state index >= 15 is 0 Å². The summed E-state index contributed by atoms with van der Waals surface area (Å²) < 4.78 is 69.6. The van der Waals surface area contributed by atoms with Crippen molar-refractivity contribution in [2.45, 2.75) is 68.0 Å². The van der Waals surface area contributed by atoms with E-state index in [0.29, 0.717) is 18.3 Å². The Balaban J connectivity index is 1.54. The maximum Gasteiger partial charge on any atom is 0.465 e. The minimum atomic E-state index is -5.94. The van der Waals surface area contributed by atoms with Gasteiger partial charge < -0.3 is 9.47 Å². The van der Waals surface area contributed by atoms with Crippen molar-refractivity contribution < 1.29 is 40.8 Å². The van der Waals surface area contributed by atoms with Gasteiger partial charge in [-0.15, -0.1) is 0 Å². The van der Waals surface area contributed by atoms with Gasteiger partial charge in [0.15, 0.2) is 0 Å². The van der Waals surface area contributed by atoms with Gasteiger partial charge in [-0.25, -0.2) is 9.59 Å². The van der Waals surface area contributed by atoms with Crippen LogP contribution in [-0.4, -0.2) is 65.4 Å². The van der Waals surface area contributed by atoms with Crippen molar-refractivity contribution in [2.75, 3.05) is 0 Å². The summed E-state index contributed by atoms with van der Waals surface area (Å²) in [4.78, 5) is 25.4. The van der Waals surface area contributed by atoms with Crippen LogP contribution in [0.25, 0.3) is 0 Å². The summed E-state index contributed by atoms with van der Waals surface area (Å²) in [6.45, 7) is 0. The topological polar surface area (TPSA) is 107 Å². The Morgan fingerprint density at radius 1 is 1.06 bits per heavy atom. The van der Waals surface area contributed by atoms with Crippen LogP contribution in [0.1, 0.15) is 59.2 Å². The third kappa shape index (κ3) is 4.66. The summed E-state index contributed by atoms with van der Waals surface area (Å²) in [6.07, 6.45) is 4.07. The lowest BCUT2D eigenvalue weighted by molar-refractivity contribution is -0.217. The van der Waals surface area contributed by atoms with Gasteiger partial charge in [-0.3, -0.25) is 4.55 Å². The van der Waals surface area contributed by atoms with E-state index in [1.165, 1.54) is 0 Å². The number of carbonyl (C=O) groups is 2. The molecule has 0 spiro atoms. The summed E-state index contributed by atoms with van der Waals surface area (Å²) in [6, 6.07) is 4.01. The van der Waals surface area contributed by atoms with Crippen LogP contribution >= 0.6 is 0 Å². The van der Waals surface area contributed by atoms with E-state index < -0.39 is 39.0 Å². The molecular formula is C22H29B3F2O7S. The number of halogens is 2. The standard InChI is InChI=1S/C22H29B3F2O7S/c23-8-12-3-15(9-24)17(10-25)16(4-12)19(28)33-18-13-1-11-2-14(18)7-21(5-11,6-13)34-20(29)22(26,27)35(30,31)32/h3-4,11,13-14,18H,1-2,5-10,23-25H2,(H,30,31,32).